The van der Waals surface area contributed by atoms with E-state index in [1.54, 1.807) is 76.4 Å². The first-order valence-electron chi connectivity index (χ1n) is 14.5. The summed E-state index contributed by atoms with van der Waals surface area (Å²) in [4.78, 5) is 54.4. The average Bonchev–Trinajstić information content (AvgIpc) is 3.49. The van der Waals surface area contributed by atoms with Gasteiger partial charge in [-0.1, -0.05) is 68.6 Å². The lowest BCUT2D eigenvalue weighted by molar-refractivity contribution is -0.142. The summed E-state index contributed by atoms with van der Waals surface area (Å²) in [6.07, 6.45) is 6.69. The number of rotatable bonds is 8. The predicted molar refractivity (Wildman–Crippen MR) is 182 cm³/mol. The maximum absolute atomic E-state index is 12.6. The van der Waals surface area contributed by atoms with Crippen LogP contribution in [0.25, 0.3) is 0 Å². The Balaban J connectivity index is 0.000000248. The number of allylic oxidation sites excluding steroid dienone is 4. The Labute approximate surface area is 274 Å². The van der Waals surface area contributed by atoms with Crippen LogP contribution in [-0.2, 0) is 28.7 Å². The highest BCUT2D eigenvalue weighted by Crippen LogP contribution is 2.45. The van der Waals surface area contributed by atoms with Gasteiger partial charge in [0.15, 0.2) is 11.6 Å². The number of esters is 2. The van der Waals surface area contributed by atoms with Crippen molar-refractivity contribution in [3.63, 3.8) is 0 Å². The summed E-state index contributed by atoms with van der Waals surface area (Å²) >= 11 is 3.21. The van der Waals surface area contributed by atoms with Gasteiger partial charge in [-0.2, -0.15) is 0 Å². The maximum Gasteiger partial charge on any atom is 0.341 e. The smallest absolute Gasteiger partial charge is 0.341 e. The molecular formula is C35H40N2O6S2. The summed E-state index contributed by atoms with van der Waals surface area (Å²) in [6.45, 7) is 10.7. The van der Waals surface area contributed by atoms with Gasteiger partial charge < -0.3 is 19.3 Å². The number of nitrogens with zero attached hydrogens (tertiary/aromatic N) is 2. The van der Waals surface area contributed by atoms with Gasteiger partial charge in [0, 0.05) is 29.3 Å². The number of ether oxygens (including phenoxy) is 2. The van der Waals surface area contributed by atoms with Crippen molar-refractivity contribution in [1.29, 1.82) is 0 Å². The second-order valence-corrected chi connectivity index (χ2v) is 13.1. The van der Waals surface area contributed by atoms with Crippen LogP contribution in [0.1, 0.15) is 41.5 Å². The number of Topliss-reactive ketones (excluding diaryl/α,β-unsaturated/α-hetero) is 2. The average molecular weight is 649 g/mol. The van der Waals surface area contributed by atoms with Crippen LogP contribution >= 0.6 is 23.5 Å². The van der Waals surface area contributed by atoms with Gasteiger partial charge in [-0.05, 0) is 69.3 Å². The molecule has 2 heterocycles. The van der Waals surface area contributed by atoms with Crippen molar-refractivity contribution in [3.8, 4) is 0 Å². The molecule has 0 N–H and O–H groups in total. The zero-order chi connectivity index (χ0) is 33.3. The van der Waals surface area contributed by atoms with E-state index in [4.69, 9.17) is 9.47 Å². The predicted octanol–water partition coefficient (Wildman–Crippen LogP) is 7.32. The first-order chi connectivity index (χ1) is 21.3. The highest BCUT2D eigenvalue weighted by atomic mass is 32.2. The van der Waals surface area contributed by atoms with Crippen LogP contribution in [0.2, 0.25) is 0 Å². The van der Waals surface area contributed by atoms with Crippen LogP contribution in [0.15, 0.2) is 104 Å². The van der Waals surface area contributed by atoms with Gasteiger partial charge in [-0.3, -0.25) is 9.59 Å². The standard InChI is InChI=1S/C19H23NO3S.C16H17NO3S/c1-6-23-18(22)13(17(21)19(2,3)4)11-12-16-20(5)14-9-7-8-10-15(14)24-16;1-4-20-16(19)12(11(2)18)9-10-15-17(3)13-7-5-6-8-14(13)21-15/h7-12H,6H2,1-5H3;5-10H,4H2,1-3H3/b13-11+,16-12-;12-9+,15-10-. The minimum atomic E-state index is -0.644. The third-order valence-electron chi connectivity index (χ3n) is 6.62. The molecule has 10 heteroatoms. The number of anilines is 2. The lowest BCUT2D eigenvalue weighted by Gasteiger charge is -2.18. The number of ketones is 2. The molecule has 2 aromatic rings. The van der Waals surface area contributed by atoms with E-state index in [2.05, 4.69) is 0 Å². The molecule has 2 aliphatic heterocycles. The molecule has 0 spiro atoms. The molecule has 0 fully saturated rings. The molecule has 0 amide bonds. The molecule has 238 valence electrons. The fourth-order valence-electron chi connectivity index (χ4n) is 4.23. The van der Waals surface area contributed by atoms with Crippen molar-refractivity contribution in [2.75, 3.05) is 37.1 Å². The van der Waals surface area contributed by atoms with Gasteiger partial charge in [0.1, 0.15) is 11.1 Å². The highest BCUT2D eigenvalue weighted by molar-refractivity contribution is 8.04. The molecule has 0 saturated carbocycles. The zero-order valence-corrected chi connectivity index (χ0v) is 28.6. The molecule has 0 atom stereocenters. The Morgan fingerprint density at radius 1 is 0.711 bits per heavy atom. The lowest BCUT2D eigenvalue weighted by Crippen LogP contribution is -2.27. The van der Waals surface area contributed by atoms with Gasteiger partial charge >= 0.3 is 11.9 Å². The summed E-state index contributed by atoms with van der Waals surface area (Å²) in [5, 5.41) is 1.92. The summed E-state index contributed by atoms with van der Waals surface area (Å²) in [5.74, 6) is -1.67. The van der Waals surface area contributed by atoms with E-state index in [-0.39, 0.29) is 35.9 Å². The van der Waals surface area contributed by atoms with Gasteiger partial charge in [0.25, 0.3) is 0 Å². The Morgan fingerprint density at radius 2 is 1.11 bits per heavy atom. The Hall–Kier alpha value is -4.02. The Bertz CT molecular complexity index is 1580. The molecule has 0 radical (unpaired) electrons. The highest BCUT2D eigenvalue weighted by Gasteiger charge is 2.30. The van der Waals surface area contributed by atoms with Crippen molar-refractivity contribution < 1.29 is 28.7 Å². The van der Waals surface area contributed by atoms with E-state index in [0.717, 1.165) is 31.2 Å². The van der Waals surface area contributed by atoms with Crippen molar-refractivity contribution in [1.82, 2.24) is 0 Å². The van der Waals surface area contributed by atoms with E-state index < -0.39 is 17.4 Å². The molecule has 2 aliphatic rings. The molecular weight excluding hydrogens is 609 g/mol. The maximum atomic E-state index is 12.6. The molecule has 4 rings (SSSR count). The third-order valence-corrected chi connectivity index (χ3v) is 8.99. The minimum absolute atomic E-state index is 0.0642. The van der Waals surface area contributed by atoms with Gasteiger partial charge in [0.2, 0.25) is 0 Å². The van der Waals surface area contributed by atoms with Crippen molar-refractivity contribution >= 4 is 58.4 Å². The minimum Gasteiger partial charge on any atom is -0.462 e. The fraction of sp³-hybridized carbons (Fsp3) is 0.314. The topological polar surface area (TPSA) is 93.2 Å². The summed E-state index contributed by atoms with van der Waals surface area (Å²) < 4.78 is 9.94. The number of benzene rings is 2. The van der Waals surface area contributed by atoms with Crippen LogP contribution in [0, 0.1) is 5.41 Å². The second-order valence-electron chi connectivity index (χ2n) is 11.0. The van der Waals surface area contributed by atoms with E-state index in [0.29, 0.717) is 0 Å². The molecule has 45 heavy (non-hydrogen) atoms. The van der Waals surface area contributed by atoms with Crippen LogP contribution in [0.5, 0.6) is 0 Å². The van der Waals surface area contributed by atoms with Crippen molar-refractivity contribution in [2.45, 2.75) is 51.3 Å². The number of thioether (sulfide) groups is 2. The van der Waals surface area contributed by atoms with Crippen LogP contribution < -0.4 is 9.80 Å². The number of hydrogen-bond acceptors (Lipinski definition) is 10. The van der Waals surface area contributed by atoms with E-state index in [1.165, 1.54) is 13.0 Å². The zero-order valence-electron chi connectivity index (χ0n) is 27.0. The Morgan fingerprint density at radius 3 is 1.49 bits per heavy atom. The molecule has 0 unspecified atom stereocenters. The van der Waals surface area contributed by atoms with Crippen molar-refractivity contribution in [2.24, 2.45) is 5.41 Å². The van der Waals surface area contributed by atoms with E-state index >= 15 is 0 Å². The van der Waals surface area contributed by atoms with Gasteiger partial charge in [-0.15, -0.1) is 0 Å². The molecule has 0 aliphatic carbocycles. The second kappa shape index (κ2) is 15.8. The van der Waals surface area contributed by atoms with Crippen LogP contribution in [0.3, 0.4) is 0 Å². The number of fused-ring (bicyclic) bond motifs is 2. The lowest BCUT2D eigenvalue weighted by atomic mass is 9.86. The van der Waals surface area contributed by atoms with E-state index in [9.17, 15) is 19.2 Å². The fourth-order valence-corrected chi connectivity index (χ4v) is 6.33. The molecule has 0 aromatic heterocycles. The number of carbonyl (C=O) groups excluding carboxylic acids is 4. The quantitative estimate of drug-likeness (QED) is 0.125. The summed E-state index contributed by atoms with van der Waals surface area (Å²) in [7, 11) is 3.92. The Kier molecular flexibility index (Phi) is 12.5. The first kappa shape index (κ1) is 35.5. The van der Waals surface area contributed by atoms with Gasteiger partial charge in [0.05, 0.1) is 34.6 Å². The molecule has 0 saturated heterocycles. The van der Waals surface area contributed by atoms with Gasteiger partial charge in [-0.25, -0.2) is 9.59 Å². The largest absolute Gasteiger partial charge is 0.462 e. The summed E-state index contributed by atoms with van der Waals surface area (Å²) in [6, 6.07) is 16.1. The molecule has 2 aromatic carbocycles. The van der Waals surface area contributed by atoms with E-state index in [1.807, 2.05) is 72.4 Å². The number of para-hydroxylation sites is 2. The normalized spacial score (nSPS) is 16.2. The van der Waals surface area contributed by atoms with Crippen molar-refractivity contribution in [3.05, 3.63) is 94.0 Å². The molecule has 0 bridgehead atoms. The monoisotopic (exact) mass is 648 g/mol. The SMILES string of the molecule is CCOC(=O)/C(=C/C=C1\Sc2ccccc2N1C)C(=O)C(C)(C)C.CCOC(=O)/C(=C/C=C1\Sc2ccccc2N1C)C(C)=O. The summed E-state index contributed by atoms with van der Waals surface area (Å²) in [5.41, 5.74) is 1.73. The molecule has 8 nitrogen and oxygen atoms in total. The number of hydrogen-bond donors (Lipinski definition) is 0. The third kappa shape index (κ3) is 9.02. The first-order valence-corrected chi connectivity index (χ1v) is 16.2. The number of carbonyl (C=O) groups is 4. The van der Waals surface area contributed by atoms with Crippen LogP contribution in [0.4, 0.5) is 11.4 Å². The van der Waals surface area contributed by atoms with Crippen LogP contribution in [-0.4, -0.2) is 50.8 Å².